The molecule has 2 N–H and O–H groups in total. The quantitative estimate of drug-likeness (QED) is 0.177. The molecule has 2 aliphatic heterocycles. The largest absolute Gasteiger partial charge is 0.480 e. The number of rotatable bonds is 9. The second kappa shape index (κ2) is 14.4. The number of alkyl halides is 7. The van der Waals surface area contributed by atoms with E-state index in [2.05, 4.69) is 15.2 Å². The summed E-state index contributed by atoms with van der Waals surface area (Å²) in [5.74, 6) is -3.12. The van der Waals surface area contributed by atoms with Crippen molar-refractivity contribution in [3.63, 3.8) is 0 Å². The van der Waals surface area contributed by atoms with E-state index in [-0.39, 0.29) is 6.42 Å². The molecule has 0 spiro atoms. The van der Waals surface area contributed by atoms with E-state index in [1.807, 2.05) is 30.3 Å². The molecule has 2 aliphatic rings. The van der Waals surface area contributed by atoms with Crippen molar-refractivity contribution >= 4 is 33.4 Å². The van der Waals surface area contributed by atoms with Gasteiger partial charge in [-0.1, -0.05) is 48.5 Å². The van der Waals surface area contributed by atoms with E-state index in [1.54, 1.807) is 36.7 Å². The lowest BCUT2D eigenvalue weighted by molar-refractivity contribution is -0.236. The number of carbonyl (C=O) groups is 2. The molecule has 7 nitrogen and oxygen atoms in total. The number of carbonyl (C=O) groups excluding carboxylic acids is 1. The second-order valence-electron chi connectivity index (χ2n) is 13.5. The minimum Gasteiger partial charge on any atom is -0.480 e. The first-order valence-electron chi connectivity index (χ1n) is 16.8. The summed E-state index contributed by atoms with van der Waals surface area (Å²) < 4.78 is 95.6. The van der Waals surface area contributed by atoms with Gasteiger partial charge in [0.1, 0.15) is 17.6 Å². The Kier molecular flexibility index (Phi) is 10.3. The van der Waals surface area contributed by atoms with Gasteiger partial charge in [0.25, 0.3) is 0 Å². The molecule has 3 heterocycles. The molecular formula is C37H37F7N4O3. The molecular weight excluding hydrogens is 681 g/mol. The van der Waals surface area contributed by atoms with Crippen LogP contribution in [0.15, 0.2) is 67.0 Å². The fourth-order valence-electron chi connectivity index (χ4n) is 7.42. The van der Waals surface area contributed by atoms with Gasteiger partial charge >= 0.3 is 18.3 Å². The molecule has 1 aromatic heterocycles. The van der Waals surface area contributed by atoms with Crippen LogP contribution in [0.2, 0.25) is 0 Å². The summed E-state index contributed by atoms with van der Waals surface area (Å²) in [6.07, 6.45) is -8.24. The average molecular weight is 719 g/mol. The molecule has 0 saturated carbocycles. The van der Waals surface area contributed by atoms with Crippen molar-refractivity contribution in [3.8, 4) is 11.1 Å². The van der Waals surface area contributed by atoms with E-state index in [1.165, 1.54) is 0 Å². The fraction of sp³-hybridized carbons (Fsp3) is 0.432. The number of aromatic nitrogens is 1. The van der Waals surface area contributed by atoms with Gasteiger partial charge in [0.15, 0.2) is 0 Å². The highest BCUT2D eigenvalue weighted by Crippen LogP contribution is 2.47. The van der Waals surface area contributed by atoms with Crippen molar-refractivity contribution in [3.05, 3.63) is 78.1 Å². The van der Waals surface area contributed by atoms with Crippen LogP contribution in [0.4, 0.5) is 30.7 Å². The number of pyridine rings is 1. The highest BCUT2D eigenvalue weighted by molar-refractivity contribution is 6.06. The fourth-order valence-corrected chi connectivity index (χ4v) is 7.42. The zero-order valence-electron chi connectivity index (χ0n) is 27.5. The minimum absolute atomic E-state index is 0.340. The van der Waals surface area contributed by atoms with Gasteiger partial charge in [0, 0.05) is 43.8 Å². The summed E-state index contributed by atoms with van der Waals surface area (Å²) in [5.41, 5.74) is 0.184. The third kappa shape index (κ3) is 7.81. The smallest absolute Gasteiger partial charge is 0.403 e. The number of carboxylic acids is 1. The number of aliphatic carboxylic acids is 1. The predicted octanol–water partition coefficient (Wildman–Crippen LogP) is 7.31. The molecule has 272 valence electrons. The van der Waals surface area contributed by atoms with Gasteiger partial charge in [-0.15, -0.1) is 0 Å². The Morgan fingerprint density at radius 2 is 1.47 bits per heavy atom. The number of hydrogen-bond donors (Lipinski definition) is 2. The molecule has 0 bridgehead atoms. The van der Waals surface area contributed by atoms with Crippen molar-refractivity contribution in [2.75, 3.05) is 32.7 Å². The Morgan fingerprint density at radius 3 is 2.14 bits per heavy atom. The Balaban J connectivity index is 1.27. The second-order valence-corrected chi connectivity index (χ2v) is 13.5. The van der Waals surface area contributed by atoms with Gasteiger partial charge in [-0.05, 0) is 83.3 Å². The van der Waals surface area contributed by atoms with Crippen molar-refractivity contribution in [1.29, 1.82) is 0 Å². The van der Waals surface area contributed by atoms with Crippen LogP contribution >= 0.6 is 0 Å². The van der Waals surface area contributed by atoms with Crippen molar-refractivity contribution < 1.29 is 45.4 Å². The summed E-state index contributed by atoms with van der Waals surface area (Å²) in [4.78, 5) is 33.1. The van der Waals surface area contributed by atoms with Crippen LogP contribution in [0.25, 0.3) is 32.7 Å². The molecule has 6 rings (SSSR count). The predicted molar refractivity (Wildman–Crippen MR) is 178 cm³/mol. The number of likely N-dealkylation sites (tertiary alicyclic amines) is 2. The molecule has 0 radical (unpaired) electrons. The van der Waals surface area contributed by atoms with Crippen LogP contribution in [-0.2, 0) is 22.6 Å². The summed E-state index contributed by atoms with van der Waals surface area (Å²) in [6.45, 7) is -0.676. The third-order valence-electron chi connectivity index (χ3n) is 10.2. The van der Waals surface area contributed by atoms with Crippen LogP contribution in [0, 0.1) is 5.41 Å². The maximum absolute atomic E-state index is 14.4. The molecule has 0 unspecified atom stereocenters. The first kappa shape index (κ1) is 36.5. The van der Waals surface area contributed by atoms with Crippen molar-refractivity contribution in [2.24, 2.45) is 5.41 Å². The number of halogens is 7. The van der Waals surface area contributed by atoms with Crippen LogP contribution in [-0.4, -0.2) is 89.1 Å². The number of carboxylic acid groups (broad SMARTS) is 1. The van der Waals surface area contributed by atoms with Crippen LogP contribution in [0.5, 0.6) is 0 Å². The van der Waals surface area contributed by atoms with E-state index >= 15 is 0 Å². The number of nitrogens with zero attached hydrogens (tertiary/aromatic N) is 3. The minimum atomic E-state index is -5.11. The van der Waals surface area contributed by atoms with Gasteiger partial charge in [-0.2, -0.15) is 26.3 Å². The topological polar surface area (TPSA) is 85.8 Å². The number of fused-ring (bicyclic) bond motifs is 2. The maximum Gasteiger partial charge on any atom is 0.403 e. The Morgan fingerprint density at radius 1 is 0.824 bits per heavy atom. The summed E-state index contributed by atoms with van der Waals surface area (Å²) in [7, 11) is 0. The molecule has 4 aromatic rings. The average Bonchev–Trinajstić information content (AvgIpc) is 3.08. The first-order chi connectivity index (χ1) is 24.1. The number of benzene rings is 3. The zero-order chi connectivity index (χ0) is 36.6. The monoisotopic (exact) mass is 718 g/mol. The Labute approximate surface area is 289 Å². The van der Waals surface area contributed by atoms with E-state index in [0.29, 0.717) is 43.4 Å². The van der Waals surface area contributed by atoms with Crippen molar-refractivity contribution in [2.45, 2.75) is 63.2 Å². The normalized spacial score (nSPS) is 18.6. The first-order valence-corrected chi connectivity index (χ1v) is 16.8. The van der Waals surface area contributed by atoms with Crippen LogP contribution in [0.3, 0.4) is 0 Å². The van der Waals surface area contributed by atoms with Gasteiger partial charge in [0.05, 0.1) is 6.54 Å². The molecule has 2 fully saturated rings. The summed E-state index contributed by atoms with van der Waals surface area (Å²) >= 11 is 0. The van der Waals surface area contributed by atoms with Gasteiger partial charge in [-0.3, -0.25) is 19.6 Å². The summed E-state index contributed by atoms with van der Waals surface area (Å²) in [5, 5.41) is 15.4. The number of hydrogen-bond acceptors (Lipinski definition) is 5. The molecule has 0 aliphatic carbocycles. The number of amides is 1. The lowest BCUT2D eigenvalue weighted by Crippen LogP contribution is -2.59. The third-order valence-corrected chi connectivity index (χ3v) is 10.2. The number of piperidine rings is 2. The van der Waals surface area contributed by atoms with E-state index in [4.69, 9.17) is 0 Å². The number of nitrogens with one attached hydrogen (secondary N) is 1. The van der Waals surface area contributed by atoms with Crippen molar-refractivity contribution in [1.82, 2.24) is 20.1 Å². The highest BCUT2D eigenvalue weighted by atomic mass is 19.4. The lowest BCUT2D eigenvalue weighted by atomic mass is 9.76. The molecule has 51 heavy (non-hydrogen) atoms. The highest BCUT2D eigenvalue weighted by Gasteiger charge is 2.61. The molecule has 2 saturated heterocycles. The standard InChI is InChI=1S/C37H37F7N4O3/c38-25-10-15-47(16-11-25)21-24-7-8-30(31-20-45-14-9-27(24)31)29-6-2-4-26-23(3-1-5-28(26)29)19-32(33(49)50)46-34(51)35(37(42,43)44)12-17-48(18-13-35)22-36(39,40)41/h1-9,14,20,25,32H,10-13,15-19,21-22H2,(H,46,51)(H,49,50)/t32-/m0/s1. The van der Waals surface area contributed by atoms with E-state index in [9.17, 15) is 45.4 Å². The zero-order valence-corrected chi connectivity index (χ0v) is 27.5. The van der Waals surface area contributed by atoms with Gasteiger partial charge < -0.3 is 10.4 Å². The Hall–Kier alpha value is -4.30. The van der Waals surface area contributed by atoms with Crippen LogP contribution in [0.1, 0.15) is 36.8 Å². The molecule has 14 heteroatoms. The lowest BCUT2D eigenvalue weighted by Gasteiger charge is -2.42. The molecule has 1 amide bonds. The summed E-state index contributed by atoms with van der Waals surface area (Å²) in [6, 6.07) is 14.9. The molecule has 1 atom stereocenters. The Bertz CT molecular complexity index is 1900. The SMILES string of the molecule is O=C(O)[C@H](Cc1cccc2c(-c3ccc(CN4CCC(F)CC4)c4ccncc34)cccc12)NC(=O)C1(C(F)(F)F)CCN(CC(F)(F)F)CC1. The maximum atomic E-state index is 14.4. The van der Waals surface area contributed by atoms with Gasteiger partial charge in [0.2, 0.25) is 5.91 Å². The van der Waals surface area contributed by atoms with E-state index < -0.39 is 74.3 Å². The molecule has 3 aromatic carbocycles. The van der Waals surface area contributed by atoms with E-state index in [0.717, 1.165) is 37.7 Å². The van der Waals surface area contributed by atoms with Gasteiger partial charge in [-0.25, -0.2) is 9.18 Å². The van der Waals surface area contributed by atoms with Crippen LogP contribution < -0.4 is 5.32 Å².